The molecule has 0 aliphatic heterocycles. The number of nitro groups is 1. The number of carbonyl (C=O) groups excluding carboxylic acids is 1. The second kappa shape index (κ2) is 11.6. The molecule has 2 aliphatic carbocycles. The summed E-state index contributed by atoms with van der Waals surface area (Å²) >= 11 is 0. The van der Waals surface area contributed by atoms with E-state index in [0.717, 1.165) is 12.8 Å². The maximum atomic E-state index is 12.7. The summed E-state index contributed by atoms with van der Waals surface area (Å²) in [6.45, 7) is 6.40. The van der Waals surface area contributed by atoms with Crippen molar-refractivity contribution in [3.63, 3.8) is 0 Å². The normalized spacial score (nSPS) is 27.2. The number of carboxylic acids is 1. The molecular weight excluding hydrogens is 438 g/mol. The maximum Gasteiger partial charge on any atom is 0.306 e. The fourth-order valence-corrected chi connectivity index (χ4v) is 5.28. The second-order valence-electron chi connectivity index (χ2n) is 10.2. The number of anilines is 2. The Hall–Kier alpha value is -2.68. The number of rotatable bonds is 9. The van der Waals surface area contributed by atoms with Crippen molar-refractivity contribution in [2.45, 2.75) is 77.9 Å². The molecule has 9 heteroatoms. The first-order valence-electron chi connectivity index (χ1n) is 12.3. The van der Waals surface area contributed by atoms with Crippen LogP contribution in [-0.4, -0.2) is 40.7 Å². The van der Waals surface area contributed by atoms with E-state index in [9.17, 15) is 19.7 Å². The molecule has 3 atom stereocenters. The minimum absolute atomic E-state index is 0.0124. The highest BCUT2D eigenvalue weighted by atomic mass is 16.6. The zero-order chi connectivity index (χ0) is 24.8. The van der Waals surface area contributed by atoms with Crippen LogP contribution in [0.2, 0.25) is 0 Å². The Labute approximate surface area is 200 Å². The van der Waals surface area contributed by atoms with Gasteiger partial charge in [0, 0.05) is 17.8 Å². The van der Waals surface area contributed by atoms with Gasteiger partial charge in [-0.05, 0) is 68.4 Å². The molecule has 0 saturated heterocycles. The van der Waals surface area contributed by atoms with Crippen LogP contribution in [0, 0.1) is 33.8 Å². The summed E-state index contributed by atoms with van der Waals surface area (Å²) < 4.78 is 6.00. The molecule has 3 rings (SSSR count). The molecule has 1 amide bonds. The Bertz CT molecular complexity index is 881. The third-order valence-corrected chi connectivity index (χ3v) is 7.30. The highest BCUT2D eigenvalue weighted by Crippen LogP contribution is 2.35. The fraction of sp³-hybridized carbons (Fsp3) is 0.680. The van der Waals surface area contributed by atoms with Crippen molar-refractivity contribution in [3.05, 3.63) is 28.3 Å². The van der Waals surface area contributed by atoms with Gasteiger partial charge in [-0.3, -0.25) is 19.7 Å². The van der Waals surface area contributed by atoms with Crippen LogP contribution in [0.25, 0.3) is 0 Å². The van der Waals surface area contributed by atoms with Crippen molar-refractivity contribution in [1.82, 2.24) is 0 Å². The average Bonchev–Trinajstić information content (AvgIpc) is 2.78. The predicted octanol–water partition coefficient (Wildman–Crippen LogP) is 5.07. The van der Waals surface area contributed by atoms with Gasteiger partial charge in [-0.15, -0.1) is 0 Å². The number of carbonyl (C=O) groups is 2. The molecule has 0 spiro atoms. The Morgan fingerprint density at radius 1 is 1.18 bits per heavy atom. The van der Waals surface area contributed by atoms with E-state index in [-0.39, 0.29) is 36.0 Å². The SMILES string of the molecule is CC(C)[C@@H]1CC[C@@H](C)C[C@H]1OCC(=O)Nc1cc(NC2CCC(C(=O)O)CC2)ccc1[N+](=O)[O-]. The van der Waals surface area contributed by atoms with E-state index in [2.05, 4.69) is 31.4 Å². The molecule has 2 fully saturated rings. The lowest BCUT2D eigenvalue weighted by molar-refractivity contribution is -0.383. The summed E-state index contributed by atoms with van der Waals surface area (Å²) in [7, 11) is 0. The number of ether oxygens (including phenoxy) is 1. The first-order chi connectivity index (χ1) is 16.1. The van der Waals surface area contributed by atoms with Crippen molar-refractivity contribution in [2.75, 3.05) is 17.2 Å². The molecular formula is C25H37N3O6. The number of benzene rings is 1. The topological polar surface area (TPSA) is 131 Å². The monoisotopic (exact) mass is 475 g/mol. The minimum Gasteiger partial charge on any atom is -0.481 e. The first-order valence-corrected chi connectivity index (χ1v) is 12.3. The van der Waals surface area contributed by atoms with Crippen LogP contribution < -0.4 is 10.6 Å². The molecule has 0 aromatic heterocycles. The zero-order valence-corrected chi connectivity index (χ0v) is 20.3. The van der Waals surface area contributed by atoms with Crippen LogP contribution >= 0.6 is 0 Å². The van der Waals surface area contributed by atoms with Gasteiger partial charge >= 0.3 is 5.97 Å². The first kappa shape index (κ1) is 25.9. The summed E-state index contributed by atoms with van der Waals surface area (Å²) in [4.78, 5) is 34.8. The number of hydrogen-bond donors (Lipinski definition) is 3. The van der Waals surface area contributed by atoms with E-state index >= 15 is 0 Å². The molecule has 2 aliphatic rings. The third-order valence-electron chi connectivity index (χ3n) is 7.30. The Kier molecular flexibility index (Phi) is 8.88. The van der Waals surface area contributed by atoms with Crippen LogP contribution in [-0.2, 0) is 14.3 Å². The van der Waals surface area contributed by atoms with E-state index in [4.69, 9.17) is 9.84 Å². The smallest absolute Gasteiger partial charge is 0.306 e. The number of nitrogens with zero attached hydrogens (tertiary/aromatic N) is 1. The molecule has 9 nitrogen and oxygen atoms in total. The number of nitro benzene ring substituents is 1. The number of hydrogen-bond acceptors (Lipinski definition) is 6. The highest BCUT2D eigenvalue weighted by Gasteiger charge is 2.32. The van der Waals surface area contributed by atoms with Gasteiger partial charge in [-0.25, -0.2) is 0 Å². The summed E-state index contributed by atoms with van der Waals surface area (Å²) in [5.74, 6) is -0.0620. The summed E-state index contributed by atoms with van der Waals surface area (Å²) in [6, 6.07) is 4.65. The number of amides is 1. The van der Waals surface area contributed by atoms with Crippen molar-refractivity contribution in [1.29, 1.82) is 0 Å². The predicted molar refractivity (Wildman–Crippen MR) is 130 cm³/mol. The Balaban J connectivity index is 1.61. The molecule has 0 heterocycles. The Morgan fingerprint density at radius 2 is 1.88 bits per heavy atom. The molecule has 0 bridgehead atoms. The van der Waals surface area contributed by atoms with E-state index in [0.29, 0.717) is 49.1 Å². The Morgan fingerprint density at radius 3 is 2.50 bits per heavy atom. The van der Waals surface area contributed by atoms with E-state index in [1.54, 1.807) is 12.1 Å². The molecule has 0 unspecified atom stereocenters. The largest absolute Gasteiger partial charge is 0.481 e. The maximum absolute atomic E-state index is 12.7. The molecule has 0 radical (unpaired) electrons. The number of carboxylic acid groups (broad SMARTS) is 1. The molecule has 3 N–H and O–H groups in total. The molecule has 188 valence electrons. The van der Waals surface area contributed by atoms with Crippen LogP contribution in [0.5, 0.6) is 0 Å². The third kappa shape index (κ3) is 6.91. The van der Waals surface area contributed by atoms with Gasteiger partial charge in [-0.1, -0.05) is 27.2 Å². The molecule has 2 saturated carbocycles. The lowest BCUT2D eigenvalue weighted by Gasteiger charge is -2.37. The minimum atomic E-state index is -0.761. The number of nitrogens with one attached hydrogen (secondary N) is 2. The van der Waals surface area contributed by atoms with E-state index in [1.165, 1.54) is 12.5 Å². The standard InChI is InChI=1S/C25H37N3O6/c1-15(2)20-10-4-16(3)12-23(20)34-14-24(29)27-21-13-19(9-11-22(21)28(32)33)26-18-7-5-17(6-8-18)25(30)31/h9,11,13,15-18,20,23,26H,4-8,10,12,14H2,1-3H3,(H,27,29)(H,30,31)/t16-,17?,18?,20+,23-/m1/s1. The van der Waals surface area contributed by atoms with Crippen LogP contribution in [0.4, 0.5) is 17.1 Å². The van der Waals surface area contributed by atoms with E-state index < -0.39 is 16.8 Å². The van der Waals surface area contributed by atoms with Crippen molar-refractivity contribution >= 4 is 28.9 Å². The second-order valence-corrected chi connectivity index (χ2v) is 10.2. The van der Waals surface area contributed by atoms with Crippen LogP contribution in [0.15, 0.2) is 18.2 Å². The van der Waals surface area contributed by atoms with E-state index in [1.807, 2.05) is 0 Å². The molecule has 1 aromatic carbocycles. The summed E-state index contributed by atoms with van der Waals surface area (Å²) in [5.41, 5.74) is 0.599. The molecule has 1 aromatic rings. The average molecular weight is 476 g/mol. The van der Waals surface area contributed by atoms with Crippen molar-refractivity contribution in [3.8, 4) is 0 Å². The van der Waals surface area contributed by atoms with Gasteiger partial charge in [0.2, 0.25) is 0 Å². The van der Waals surface area contributed by atoms with Crippen LogP contribution in [0.3, 0.4) is 0 Å². The number of aliphatic carboxylic acids is 1. The van der Waals surface area contributed by atoms with Gasteiger partial charge in [0.15, 0.2) is 0 Å². The van der Waals surface area contributed by atoms with Gasteiger partial charge in [-0.2, -0.15) is 0 Å². The zero-order valence-electron chi connectivity index (χ0n) is 20.3. The van der Waals surface area contributed by atoms with Crippen LogP contribution in [0.1, 0.15) is 65.7 Å². The van der Waals surface area contributed by atoms with Crippen molar-refractivity contribution in [2.24, 2.45) is 23.7 Å². The van der Waals surface area contributed by atoms with Gasteiger partial charge in [0.25, 0.3) is 11.6 Å². The quantitative estimate of drug-likeness (QED) is 0.336. The summed E-state index contributed by atoms with van der Waals surface area (Å²) in [6.07, 6.45) is 5.78. The van der Waals surface area contributed by atoms with Crippen molar-refractivity contribution < 1.29 is 24.4 Å². The highest BCUT2D eigenvalue weighted by molar-refractivity contribution is 5.94. The van der Waals surface area contributed by atoms with Gasteiger partial charge in [0.05, 0.1) is 16.9 Å². The van der Waals surface area contributed by atoms with Gasteiger partial charge in [0.1, 0.15) is 12.3 Å². The lowest BCUT2D eigenvalue weighted by atomic mass is 9.75. The van der Waals surface area contributed by atoms with Gasteiger partial charge < -0.3 is 20.5 Å². The lowest BCUT2D eigenvalue weighted by Crippen LogP contribution is -2.36. The summed E-state index contributed by atoms with van der Waals surface area (Å²) in [5, 5.41) is 26.7. The molecule has 34 heavy (non-hydrogen) atoms. The fourth-order valence-electron chi connectivity index (χ4n) is 5.28.